The normalized spacial score (nSPS) is 17.7. The van der Waals surface area contributed by atoms with E-state index in [9.17, 15) is 14.7 Å². The molecule has 0 radical (unpaired) electrons. The van der Waals surface area contributed by atoms with E-state index in [4.69, 9.17) is 0 Å². The van der Waals surface area contributed by atoms with Crippen molar-refractivity contribution in [2.75, 3.05) is 13.1 Å². The van der Waals surface area contributed by atoms with Gasteiger partial charge in [-0.25, -0.2) is 0 Å². The fraction of sp³-hybridized carbons (Fsp3) is 0.364. The van der Waals surface area contributed by atoms with Gasteiger partial charge in [0.1, 0.15) is 5.75 Å². The standard InChI is InChI=1S/C22H26N2O3/c1-3-18-15-23(22(27)19-11-7-8-16(2)21(19)26)13-12-20(25)24(18)14-17-9-5-4-6-10-17/h4-11,18,26H,3,12-15H2,1-2H3/t18-/m1/s1. The molecule has 142 valence electrons. The zero-order valence-electron chi connectivity index (χ0n) is 15.9. The predicted molar refractivity (Wildman–Crippen MR) is 104 cm³/mol. The molecule has 1 saturated heterocycles. The van der Waals surface area contributed by atoms with Crippen molar-refractivity contribution in [3.8, 4) is 5.75 Å². The monoisotopic (exact) mass is 366 g/mol. The van der Waals surface area contributed by atoms with E-state index >= 15 is 0 Å². The molecule has 0 unspecified atom stereocenters. The lowest BCUT2D eigenvalue weighted by molar-refractivity contribution is -0.133. The summed E-state index contributed by atoms with van der Waals surface area (Å²) in [7, 11) is 0. The SMILES string of the molecule is CC[C@@H]1CN(C(=O)c2cccc(C)c2O)CCC(=O)N1Cc1ccccc1. The van der Waals surface area contributed by atoms with Gasteiger partial charge in [-0.3, -0.25) is 9.59 Å². The summed E-state index contributed by atoms with van der Waals surface area (Å²) in [5.74, 6) is -0.134. The summed E-state index contributed by atoms with van der Waals surface area (Å²) in [5.41, 5.74) is 2.05. The molecule has 5 heteroatoms. The number of nitrogens with zero attached hydrogens (tertiary/aromatic N) is 2. The molecule has 1 heterocycles. The lowest BCUT2D eigenvalue weighted by Crippen LogP contribution is -2.43. The van der Waals surface area contributed by atoms with Gasteiger partial charge in [-0.05, 0) is 30.5 Å². The second-order valence-electron chi connectivity index (χ2n) is 7.04. The molecule has 0 aromatic heterocycles. The molecular formula is C22H26N2O3. The van der Waals surface area contributed by atoms with Crippen LogP contribution in [-0.4, -0.2) is 45.9 Å². The number of para-hydroxylation sites is 1. The van der Waals surface area contributed by atoms with Crippen LogP contribution in [0.25, 0.3) is 0 Å². The number of benzene rings is 2. The number of carbonyl (C=O) groups excluding carboxylic acids is 2. The third kappa shape index (κ3) is 4.13. The Hall–Kier alpha value is -2.82. The second kappa shape index (κ2) is 8.25. The van der Waals surface area contributed by atoms with Crippen molar-refractivity contribution in [3.05, 3.63) is 65.2 Å². The Morgan fingerprint density at radius 2 is 1.89 bits per heavy atom. The molecule has 1 aliphatic rings. The Bertz CT molecular complexity index is 820. The Morgan fingerprint density at radius 1 is 1.15 bits per heavy atom. The van der Waals surface area contributed by atoms with E-state index in [2.05, 4.69) is 0 Å². The van der Waals surface area contributed by atoms with Gasteiger partial charge in [0.05, 0.1) is 5.56 Å². The number of hydrogen-bond acceptors (Lipinski definition) is 3. The number of amides is 2. The van der Waals surface area contributed by atoms with Crippen molar-refractivity contribution in [1.82, 2.24) is 9.80 Å². The minimum absolute atomic E-state index is 0.0206. The molecule has 2 aromatic carbocycles. The van der Waals surface area contributed by atoms with Crippen molar-refractivity contribution >= 4 is 11.8 Å². The highest BCUT2D eigenvalue weighted by Gasteiger charge is 2.31. The van der Waals surface area contributed by atoms with Crippen LogP contribution in [0.15, 0.2) is 48.5 Å². The fourth-order valence-corrected chi connectivity index (χ4v) is 3.56. The van der Waals surface area contributed by atoms with E-state index in [0.29, 0.717) is 37.2 Å². The van der Waals surface area contributed by atoms with Gasteiger partial charge in [-0.2, -0.15) is 0 Å². The minimum Gasteiger partial charge on any atom is -0.507 e. The molecule has 2 aromatic rings. The average molecular weight is 366 g/mol. The third-order valence-electron chi connectivity index (χ3n) is 5.21. The van der Waals surface area contributed by atoms with Gasteiger partial charge >= 0.3 is 0 Å². The Morgan fingerprint density at radius 3 is 2.59 bits per heavy atom. The quantitative estimate of drug-likeness (QED) is 0.903. The van der Waals surface area contributed by atoms with E-state index in [1.807, 2.05) is 42.2 Å². The maximum Gasteiger partial charge on any atom is 0.257 e. The molecule has 3 rings (SSSR count). The molecule has 1 N–H and O–H groups in total. The molecule has 0 bridgehead atoms. The molecule has 0 aliphatic carbocycles. The van der Waals surface area contributed by atoms with Crippen molar-refractivity contribution in [2.45, 2.75) is 39.3 Å². The number of aromatic hydroxyl groups is 1. The second-order valence-corrected chi connectivity index (χ2v) is 7.04. The van der Waals surface area contributed by atoms with Crippen LogP contribution < -0.4 is 0 Å². The number of rotatable bonds is 4. The van der Waals surface area contributed by atoms with Crippen molar-refractivity contribution in [3.63, 3.8) is 0 Å². The summed E-state index contributed by atoms with van der Waals surface area (Å²) in [6, 6.07) is 15.1. The molecular weight excluding hydrogens is 340 g/mol. The highest BCUT2D eigenvalue weighted by atomic mass is 16.3. The Balaban J connectivity index is 1.82. The summed E-state index contributed by atoms with van der Waals surface area (Å²) < 4.78 is 0. The first-order valence-electron chi connectivity index (χ1n) is 9.42. The lowest BCUT2D eigenvalue weighted by atomic mass is 10.1. The molecule has 2 amide bonds. The van der Waals surface area contributed by atoms with Crippen molar-refractivity contribution < 1.29 is 14.7 Å². The maximum atomic E-state index is 13.0. The summed E-state index contributed by atoms with van der Waals surface area (Å²) in [4.78, 5) is 29.3. The smallest absolute Gasteiger partial charge is 0.257 e. The minimum atomic E-state index is -0.219. The summed E-state index contributed by atoms with van der Waals surface area (Å²) >= 11 is 0. The molecule has 1 aliphatic heterocycles. The Labute approximate surface area is 160 Å². The van der Waals surface area contributed by atoms with Crippen LogP contribution in [0.4, 0.5) is 0 Å². The van der Waals surface area contributed by atoms with Crippen LogP contribution in [0.2, 0.25) is 0 Å². The van der Waals surface area contributed by atoms with Gasteiger partial charge in [-0.15, -0.1) is 0 Å². The van der Waals surface area contributed by atoms with Gasteiger partial charge in [0.2, 0.25) is 5.91 Å². The van der Waals surface area contributed by atoms with Crippen LogP contribution >= 0.6 is 0 Å². The summed E-state index contributed by atoms with van der Waals surface area (Å²) in [6.45, 7) is 5.20. The first-order valence-corrected chi connectivity index (χ1v) is 9.42. The summed E-state index contributed by atoms with van der Waals surface area (Å²) in [5, 5.41) is 10.3. The molecule has 5 nitrogen and oxygen atoms in total. The maximum absolute atomic E-state index is 13.0. The Kier molecular flexibility index (Phi) is 5.79. The highest BCUT2D eigenvalue weighted by Crippen LogP contribution is 2.25. The molecule has 0 saturated carbocycles. The average Bonchev–Trinajstić information content (AvgIpc) is 2.84. The summed E-state index contributed by atoms with van der Waals surface area (Å²) in [6.07, 6.45) is 1.06. The van der Waals surface area contributed by atoms with Gasteiger partial charge in [-0.1, -0.05) is 49.4 Å². The predicted octanol–water partition coefficient (Wildman–Crippen LogP) is 3.35. The number of carbonyl (C=O) groups is 2. The van der Waals surface area contributed by atoms with E-state index < -0.39 is 0 Å². The van der Waals surface area contributed by atoms with Gasteiger partial charge < -0.3 is 14.9 Å². The van der Waals surface area contributed by atoms with E-state index in [-0.39, 0.29) is 23.6 Å². The molecule has 0 spiro atoms. The fourth-order valence-electron chi connectivity index (χ4n) is 3.56. The van der Waals surface area contributed by atoms with Crippen molar-refractivity contribution in [2.24, 2.45) is 0 Å². The van der Waals surface area contributed by atoms with Crippen LogP contribution in [0.3, 0.4) is 0 Å². The van der Waals surface area contributed by atoms with E-state index in [1.165, 1.54) is 0 Å². The van der Waals surface area contributed by atoms with Gasteiger partial charge in [0.15, 0.2) is 0 Å². The molecule has 1 atom stereocenters. The topological polar surface area (TPSA) is 60.9 Å². The van der Waals surface area contributed by atoms with Gasteiger partial charge in [0, 0.05) is 32.1 Å². The van der Waals surface area contributed by atoms with Gasteiger partial charge in [0.25, 0.3) is 5.91 Å². The molecule has 27 heavy (non-hydrogen) atoms. The zero-order valence-corrected chi connectivity index (χ0v) is 15.9. The number of phenolic OH excluding ortho intramolecular Hbond substituents is 1. The number of phenols is 1. The number of aryl methyl sites for hydroxylation is 1. The largest absolute Gasteiger partial charge is 0.507 e. The van der Waals surface area contributed by atoms with Crippen LogP contribution in [0, 0.1) is 6.92 Å². The van der Waals surface area contributed by atoms with Crippen LogP contribution in [0.5, 0.6) is 5.75 Å². The zero-order chi connectivity index (χ0) is 19.4. The van der Waals surface area contributed by atoms with E-state index in [0.717, 1.165) is 12.0 Å². The first-order chi connectivity index (χ1) is 13.0. The van der Waals surface area contributed by atoms with E-state index in [1.54, 1.807) is 30.0 Å². The third-order valence-corrected chi connectivity index (χ3v) is 5.21. The van der Waals surface area contributed by atoms with Crippen molar-refractivity contribution in [1.29, 1.82) is 0 Å². The molecule has 1 fully saturated rings. The number of hydrogen-bond donors (Lipinski definition) is 1. The van der Waals surface area contributed by atoms with Crippen LogP contribution in [-0.2, 0) is 11.3 Å². The van der Waals surface area contributed by atoms with Crippen LogP contribution in [0.1, 0.15) is 41.3 Å². The first kappa shape index (κ1) is 19.0. The lowest BCUT2D eigenvalue weighted by Gasteiger charge is -2.31. The highest BCUT2D eigenvalue weighted by molar-refractivity contribution is 5.97.